The molecule has 0 amide bonds. The summed E-state index contributed by atoms with van der Waals surface area (Å²) in [5, 5.41) is 0. The van der Waals surface area contributed by atoms with Gasteiger partial charge in [0.25, 0.3) is 0 Å². The smallest absolute Gasteiger partial charge is 0.453 e. The first-order chi connectivity index (χ1) is 12.1. The Morgan fingerprint density at radius 2 is 1.28 bits per heavy atom. The normalized spacial score (nSPS) is 14.2. The van der Waals surface area contributed by atoms with Gasteiger partial charge in [-0.1, -0.05) is 51.7 Å². The third-order valence-corrected chi connectivity index (χ3v) is 3.86. The molecule has 1 heterocycles. The highest BCUT2D eigenvalue weighted by Gasteiger charge is 2.59. The second-order valence-corrected chi connectivity index (χ2v) is 5.95. The van der Waals surface area contributed by atoms with Crippen LogP contribution >= 0.6 is 0 Å². The fraction of sp³-hybridized carbons (Fsp3) is 0.579. The number of rotatable bonds is 10. The predicted molar refractivity (Wildman–Crippen MR) is 91.4 cm³/mol. The number of benzene rings is 1. The number of hydrogen-bond donors (Lipinski definition) is 0. The van der Waals surface area contributed by atoms with Crippen molar-refractivity contribution in [1.29, 1.82) is 0 Å². The lowest BCUT2D eigenvalue weighted by molar-refractivity contribution is -0.202. The Morgan fingerprint density at radius 1 is 0.840 bits per heavy atom. The van der Waals surface area contributed by atoms with Crippen LogP contribution in [0.1, 0.15) is 52.4 Å². The maximum absolute atomic E-state index is 12.6. The first-order valence-corrected chi connectivity index (χ1v) is 8.95. The molecule has 25 heavy (non-hydrogen) atoms. The lowest BCUT2D eigenvalue weighted by atomic mass is 10.2. The molecule has 0 spiro atoms. The van der Waals surface area contributed by atoms with E-state index in [1.165, 1.54) is 0 Å². The molecular formula is C19H26O6. The highest BCUT2D eigenvalue weighted by atomic mass is 16.8. The fourth-order valence-corrected chi connectivity index (χ4v) is 2.42. The molecule has 138 valence electrons. The Labute approximate surface area is 148 Å². The summed E-state index contributed by atoms with van der Waals surface area (Å²) >= 11 is 0. The van der Waals surface area contributed by atoms with Crippen molar-refractivity contribution in [2.24, 2.45) is 0 Å². The van der Waals surface area contributed by atoms with E-state index < -0.39 is 17.7 Å². The topological polar surface area (TPSA) is 71.1 Å². The third kappa shape index (κ3) is 4.65. The van der Waals surface area contributed by atoms with Crippen LogP contribution in [0.25, 0.3) is 0 Å². The van der Waals surface area contributed by atoms with Crippen LogP contribution in [0.3, 0.4) is 0 Å². The van der Waals surface area contributed by atoms with E-state index in [-0.39, 0.29) is 13.2 Å². The van der Waals surface area contributed by atoms with Crippen LogP contribution in [0.2, 0.25) is 0 Å². The molecule has 1 aliphatic rings. The van der Waals surface area contributed by atoms with Crippen molar-refractivity contribution >= 4 is 11.9 Å². The second kappa shape index (κ2) is 9.30. The Balaban J connectivity index is 2.07. The van der Waals surface area contributed by atoms with Crippen molar-refractivity contribution in [2.45, 2.75) is 58.2 Å². The Kier molecular flexibility index (Phi) is 7.10. The molecule has 1 aromatic rings. The van der Waals surface area contributed by atoms with E-state index in [4.69, 9.17) is 18.9 Å². The zero-order chi connectivity index (χ0) is 18.1. The summed E-state index contributed by atoms with van der Waals surface area (Å²) in [5.74, 6) is -3.32. The van der Waals surface area contributed by atoms with E-state index in [0.717, 1.165) is 38.5 Å². The maximum Gasteiger partial charge on any atom is 0.453 e. The van der Waals surface area contributed by atoms with Crippen molar-refractivity contribution < 1.29 is 28.5 Å². The molecule has 0 atom stereocenters. The molecule has 0 radical (unpaired) electrons. The van der Waals surface area contributed by atoms with E-state index in [1.807, 2.05) is 0 Å². The van der Waals surface area contributed by atoms with E-state index in [0.29, 0.717) is 11.5 Å². The summed E-state index contributed by atoms with van der Waals surface area (Å²) in [7, 11) is 0. The first kappa shape index (κ1) is 19.1. The standard InChI is InChI=1S/C19H26O6/c1-3-5-9-13-22-17(20)19(18(21)23-14-10-6-4-2)24-15-11-7-8-12-16(15)25-19/h7-8,11-12H,3-6,9-10,13-14H2,1-2H3. The highest BCUT2D eigenvalue weighted by molar-refractivity contribution is 6.03. The minimum Gasteiger partial charge on any atom is -0.459 e. The van der Waals surface area contributed by atoms with Gasteiger partial charge in [0.2, 0.25) is 0 Å². The van der Waals surface area contributed by atoms with Crippen LogP contribution in [0.15, 0.2) is 24.3 Å². The largest absolute Gasteiger partial charge is 0.459 e. The van der Waals surface area contributed by atoms with Gasteiger partial charge in [0, 0.05) is 0 Å². The average molecular weight is 350 g/mol. The van der Waals surface area contributed by atoms with E-state index >= 15 is 0 Å². The minimum atomic E-state index is -2.21. The van der Waals surface area contributed by atoms with Crippen molar-refractivity contribution in [3.63, 3.8) is 0 Å². The molecule has 2 rings (SSSR count). The molecular weight excluding hydrogens is 324 g/mol. The van der Waals surface area contributed by atoms with Crippen molar-refractivity contribution in [1.82, 2.24) is 0 Å². The molecule has 1 aromatic carbocycles. The van der Waals surface area contributed by atoms with Crippen molar-refractivity contribution in [3.8, 4) is 11.5 Å². The number of esters is 2. The maximum atomic E-state index is 12.6. The second-order valence-electron chi connectivity index (χ2n) is 5.95. The van der Waals surface area contributed by atoms with Crippen LogP contribution in [0, 0.1) is 0 Å². The van der Waals surface area contributed by atoms with Gasteiger partial charge in [-0.25, -0.2) is 9.59 Å². The van der Waals surface area contributed by atoms with Gasteiger partial charge in [-0.2, -0.15) is 0 Å². The molecule has 0 N–H and O–H groups in total. The van der Waals surface area contributed by atoms with Gasteiger partial charge in [-0.15, -0.1) is 0 Å². The predicted octanol–water partition coefficient (Wildman–Crippen LogP) is 3.62. The lowest BCUT2D eigenvalue weighted by Gasteiger charge is -2.23. The molecule has 6 nitrogen and oxygen atoms in total. The third-order valence-electron chi connectivity index (χ3n) is 3.86. The first-order valence-electron chi connectivity index (χ1n) is 8.95. The molecule has 0 saturated carbocycles. The zero-order valence-electron chi connectivity index (χ0n) is 14.9. The molecule has 0 bridgehead atoms. The summed E-state index contributed by atoms with van der Waals surface area (Å²) in [6.45, 7) is 4.52. The van der Waals surface area contributed by atoms with Gasteiger partial charge in [0.1, 0.15) is 0 Å². The van der Waals surface area contributed by atoms with E-state index in [9.17, 15) is 9.59 Å². The molecule has 1 aliphatic heterocycles. The van der Waals surface area contributed by atoms with Gasteiger partial charge in [-0.3, -0.25) is 0 Å². The number of fused-ring (bicyclic) bond motifs is 1. The average Bonchev–Trinajstić information content (AvgIpc) is 3.03. The van der Waals surface area contributed by atoms with Gasteiger partial charge < -0.3 is 18.9 Å². The summed E-state index contributed by atoms with van der Waals surface area (Å²) < 4.78 is 21.6. The summed E-state index contributed by atoms with van der Waals surface area (Å²) in [5.41, 5.74) is 0. The number of carbonyl (C=O) groups excluding carboxylic acids is 2. The van der Waals surface area contributed by atoms with Gasteiger partial charge >= 0.3 is 17.7 Å². The highest BCUT2D eigenvalue weighted by Crippen LogP contribution is 2.40. The van der Waals surface area contributed by atoms with Crippen LogP contribution in [0.4, 0.5) is 0 Å². The zero-order valence-corrected chi connectivity index (χ0v) is 14.9. The molecule has 0 aromatic heterocycles. The number of para-hydroxylation sites is 2. The number of carbonyl (C=O) groups is 2. The number of unbranched alkanes of at least 4 members (excludes halogenated alkanes) is 4. The van der Waals surface area contributed by atoms with Crippen molar-refractivity contribution in [2.75, 3.05) is 13.2 Å². The molecule has 0 aliphatic carbocycles. The fourth-order valence-electron chi connectivity index (χ4n) is 2.42. The number of ether oxygens (including phenoxy) is 4. The Bertz CT molecular complexity index is 532. The van der Waals surface area contributed by atoms with E-state index in [1.54, 1.807) is 24.3 Å². The quantitative estimate of drug-likeness (QED) is 0.365. The molecule has 0 saturated heterocycles. The van der Waals surface area contributed by atoms with Crippen LogP contribution in [-0.4, -0.2) is 30.9 Å². The minimum absolute atomic E-state index is 0.209. The number of hydrogen-bond acceptors (Lipinski definition) is 6. The molecule has 6 heteroatoms. The van der Waals surface area contributed by atoms with E-state index in [2.05, 4.69) is 13.8 Å². The van der Waals surface area contributed by atoms with Gasteiger partial charge in [-0.05, 0) is 25.0 Å². The Morgan fingerprint density at radius 3 is 1.68 bits per heavy atom. The SMILES string of the molecule is CCCCCOC(=O)C1(C(=O)OCCCCC)Oc2ccccc2O1. The summed E-state index contributed by atoms with van der Waals surface area (Å²) in [6.07, 6.45) is 5.31. The van der Waals surface area contributed by atoms with Gasteiger partial charge in [0.05, 0.1) is 13.2 Å². The molecule has 0 fully saturated rings. The van der Waals surface area contributed by atoms with Gasteiger partial charge in [0.15, 0.2) is 11.5 Å². The van der Waals surface area contributed by atoms with Crippen LogP contribution in [-0.2, 0) is 19.1 Å². The molecule has 0 unspecified atom stereocenters. The summed E-state index contributed by atoms with van der Waals surface area (Å²) in [4.78, 5) is 25.1. The Hall–Kier alpha value is -2.24. The monoisotopic (exact) mass is 350 g/mol. The lowest BCUT2D eigenvalue weighted by Crippen LogP contribution is -2.56. The van der Waals surface area contributed by atoms with Crippen molar-refractivity contribution in [3.05, 3.63) is 24.3 Å². The van der Waals surface area contributed by atoms with Crippen LogP contribution in [0.5, 0.6) is 11.5 Å². The summed E-state index contributed by atoms with van der Waals surface area (Å²) in [6, 6.07) is 6.73. The van der Waals surface area contributed by atoms with Crippen LogP contribution < -0.4 is 9.47 Å².